The van der Waals surface area contributed by atoms with Crippen LogP contribution in [-0.2, 0) is 54.8 Å². The summed E-state index contributed by atoms with van der Waals surface area (Å²) in [5, 5.41) is 0. The Labute approximate surface area is 287 Å². The van der Waals surface area contributed by atoms with Crippen molar-refractivity contribution < 1.29 is 28.4 Å². The van der Waals surface area contributed by atoms with Gasteiger partial charge in [-0.1, -0.05) is 160 Å². The van der Waals surface area contributed by atoms with E-state index in [-0.39, 0.29) is 6.61 Å². The molecule has 6 nitrogen and oxygen atoms in total. The Hall–Kier alpha value is -3.36. The van der Waals surface area contributed by atoms with E-state index in [0.717, 1.165) is 35.1 Å². The lowest BCUT2D eigenvalue weighted by Gasteiger charge is -2.35. The van der Waals surface area contributed by atoms with Crippen LogP contribution in [0.5, 0.6) is 0 Å². The van der Waals surface area contributed by atoms with E-state index in [9.17, 15) is 0 Å². The molecule has 0 aliphatic carbocycles. The van der Waals surface area contributed by atoms with E-state index in [1.54, 1.807) is 0 Å². The van der Waals surface area contributed by atoms with Gasteiger partial charge in [-0.15, -0.1) is 0 Å². The molecule has 0 spiro atoms. The van der Waals surface area contributed by atoms with E-state index in [0.29, 0.717) is 39.6 Å². The normalized spacial score (nSPS) is 20.6. The molecular weight excluding hydrogens is 600 g/mol. The predicted octanol–water partition coefficient (Wildman–Crippen LogP) is 9.06. The first-order valence-corrected chi connectivity index (χ1v) is 17.6. The van der Waals surface area contributed by atoms with E-state index in [1.807, 2.05) is 72.8 Å². The molecule has 1 heterocycles. The fourth-order valence-electron chi connectivity index (χ4n) is 6.06. The quantitative estimate of drug-likeness (QED) is 0.0790. The first-order valence-electron chi connectivity index (χ1n) is 17.6. The average Bonchev–Trinajstić information content (AvgIpc) is 3.42. The molecular formula is C42H52O6. The molecule has 6 heteroatoms. The Morgan fingerprint density at radius 2 is 1.02 bits per heavy atom. The zero-order valence-electron chi connectivity index (χ0n) is 28.4. The third-order valence-electron chi connectivity index (χ3n) is 8.66. The second-order valence-corrected chi connectivity index (χ2v) is 12.5. The highest BCUT2D eigenvalue weighted by Crippen LogP contribution is 2.39. The van der Waals surface area contributed by atoms with Gasteiger partial charge < -0.3 is 28.4 Å². The lowest BCUT2D eigenvalue weighted by atomic mass is 10.0. The van der Waals surface area contributed by atoms with E-state index < -0.39 is 24.1 Å². The Balaban J connectivity index is 1.39. The topological polar surface area (TPSA) is 55.4 Å². The maximum Gasteiger partial charge on any atom is 0.222 e. The number of benzene rings is 4. The Kier molecular flexibility index (Phi) is 15.1. The molecule has 0 radical (unpaired) electrons. The zero-order chi connectivity index (χ0) is 33.1. The molecule has 0 amide bonds. The van der Waals surface area contributed by atoms with Crippen molar-refractivity contribution in [3.63, 3.8) is 0 Å². The van der Waals surface area contributed by atoms with Crippen LogP contribution in [0.1, 0.15) is 67.7 Å². The molecule has 1 saturated heterocycles. The maximum absolute atomic E-state index is 6.95. The molecule has 5 rings (SSSR count). The molecule has 1 fully saturated rings. The van der Waals surface area contributed by atoms with Crippen molar-refractivity contribution in [2.24, 2.45) is 0 Å². The van der Waals surface area contributed by atoms with E-state index >= 15 is 0 Å². The van der Waals surface area contributed by atoms with Gasteiger partial charge in [-0.2, -0.15) is 0 Å². The molecule has 0 saturated carbocycles. The molecule has 4 atom stereocenters. The van der Waals surface area contributed by atoms with Gasteiger partial charge in [0, 0.05) is 0 Å². The lowest BCUT2D eigenvalue weighted by Crippen LogP contribution is -2.51. The van der Waals surface area contributed by atoms with Gasteiger partial charge in [0.1, 0.15) is 24.9 Å². The summed E-state index contributed by atoms with van der Waals surface area (Å²) in [6.45, 7) is 4.99. The van der Waals surface area contributed by atoms with Gasteiger partial charge in [0.05, 0.1) is 39.6 Å². The first-order chi connectivity index (χ1) is 23.8. The fourth-order valence-corrected chi connectivity index (χ4v) is 6.06. The van der Waals surface area contributed by atoms with Gasteiger partial charge in [0.2, 0.25) is 5.79 Å². The summed E-state index contributed by atoms with van der Waals surface area (Å²) in [6, 6.07) is 40.8. The van der Waals surface area contributed by atoms with Crippen LogP contribution in [0.2, 0.25) is 0 Å². The molecule has 1 aliphatic heterocycles. The third-order valence-corrected chi connectivity index (χ3v) is 8.66. The van der Waals surface area contributed by atoms with E-state index in [4.69, 9.17) is 28.4 Å². The van der Waals surface area contributed by atoms with Crippen molar-refractivity contribution in [3.05, 3.63) is 144 Å². The van der Waals surface area contributed by atoms with Crippen LogP contribution < -0.4 is 0 Å². The lowest BCUT2D eigenvalue weighted by molar-refractivity contribution is -0.292. The minimum Gasteiger partial charge on any atom is -0.374 e. The van der Waals surface area contributed by atoms with Gasteiger partial charge >= 0.3 is 0 Å². The van der Waals surface area contributed by atoms with Gasteiger partial charge in [0.25, 0.3) is 0 Å². The van der Waals surface area contributed by atoms with Crippen LogP contribution in [0, 0.1) is 0 Å². The molecule has 0 aromatic heterocycles. The van der Waals surface area contributed by atoms with E-state index in [1.165, 1.54) is 25.7 Å². The molecule has 4 aromatic carbocycles. The summed E-state index contributed by atoms with van der Waals surface area (Å²) in [5.41, 5.74) is 4.33. The molecule has 0 bridgehead atoms. The zero-order valence-corrected chi connectivity index (χ0v) is 28.4. The summed E-state index contributed by atoms with van der Waals surface area (Å²) in [5.74, 6) is -1.19. The van der Waals surface area contributed by atoms with Gasteiger partial charge in [-0.05, 0) is 28.7 Å². The van der Waals surface area contributed by atoms with Crippen LogP contribution in [0.3, 0.4) is 0 Å². The summed E-state index contributed by atoms with van der Waals surface area (Å²) in [7, 11) is 0. The second-order valence-electron chi connectivity index (χ2n) is 12.5. The van der Waals surface area contributed by atoms with Gasteiger partial charge in [-0.25, -0.2) is 0 Å². The SMILES string of the molecule is CCCCCCCCO[C@@]1(COCc2ccccc2)O[C@H](COCc2ccccc2)[C@@H](OCc2ccccc2)[C@@H]1OCc1ccccc1. The number of hydrogen-bond donors (Lipinski definition) is 0. The monoisotopic (exact) mass is 652 g/mol. The van der Waals surface area contributed by atoms with Crippen molar-refractivity contribution in [2.75, 3.05) is 19.8 Å². The summed E-state index contributed by atoms with van der Waals surface area (Å²) < 4.78 is 40.0. The van der Waals surface area contributed by atoms with Crippen LogP contribution >= 0.6 is 0 Å². The summed E-state index contributed by atoms with van der Waals surface area (Å²) >= 11 is 0. The predicted molar refractivity (Wildman–Crippen MR) is 189 cm³/mol. The minimum absolute atomic E-state index is 0.192. The highest BCUT2D eigenvalue weighted by molar-refractivity contribution is 5.16. The van der Waals surface area contributed by atoms with Crippen LogP contribution in [0.4, 0.5) is 0 Å². The van der Waals surface area contributed by atoms with Crippen molar-refractivity contribution in [3.8, 4) is 0 Å². The van der Waals surface area contributed by atoms with Gasteiger partial charge in [0.15, 0.2) is 0 Å². The van der Waals surface area contributed by atoms with Crippen molar-refractivity contribution >= 4 is 0 Å². The van der Waals surface area contributed by atoms with Crippen LogP contribution in [0.25, 0.3) is 0 Å². The first kappa shape index (κ1) is 35.9. The Morgan fingerprint density at radius 1 is 0.542 bits per heavy atom. The van der Waals surface area contributed by atoms with Gasteiger partial charge in [-0.3, -0.25) is 0 Å². The van der Waals surface area contributed by atoms with Crippen molar-refractivity contribution in [1.29, 1.82) is 0 Å². The molecule has 4 aromatic rings. The standard InChI is InChI=1S/C42H52O6/c1-2-3-4-5-6-19-28-47-42(34-44-30-36-22-13-8-14-23-36)41(46-32-38-26-17-10-18-27-38)40(45-31-37-24-15-9-16-25-37)39(48-42)33-43-29-35-20-11-7-12-21-35/h7-18,20-27,39-41H,2-6,19,28-34H2,1H3/t39-,40-,41+,42+/m1/s1. The number of hydrogen-bond acceptors (Lipinski definition) is 6. The Bertz CT molecular complexity index is 1390. The summed E-state index contributed by atoms with van der Waals surface area (Å²) in [4.78, 5) is 0. The molecule has 48 heavy (non-hydrogen) atoms. The maximum atomic E-state index is 6.95. The van der Waals surface area contributed by atoms with Crippen LogP contribution in [0.15, 0.2) is 121 Å². The number of rotatable bonds is 22. The number of ether oxygens (including phenoxy) is 6. The second kappa shape index (κ2) is 20.2. The molecule has 1 aliphatic rings. The smallest absolute Gasteiger partial charge is 0.222 e. The average molecular weight is 653 g/mol. The molecule has 0 N–H and O–H groups in total. The Morgan fingerprint density at radius 3 is 1.58 bits per heavy atom. The van der Waals surface area contributed by atoms with Crippen LogP contribution in [-0.4, -0.2) is 43.9 Å². The minimum atomic E-state index is -1.19. The van der Waals surface area contributed by atoms with Crippen molar-refractivity contribution in [1.82, 2.24) is 0 Å². The summed E-state index contributed by atoms with van der Waals surface area (Å²) in [6.07, 6.45) is 5.50. The van der Waals surface area contributed by atoms with E-state index in [2.05, 4.69) is 55.5 Å². The molecule has 0 unspecified atom stereocenters. The highest BCUT2D eigenvalue weighted by Gasteiger charge is 2.58. The fraction of sp³-hybridized carbons (Fsp3) is 0.429. The third kappa shape index (κ3) is 11.4. The molecule has 256 valence electrons. The number of unbranched alkanes of at least 4 members (excludes halogenated alkanes) is 5. The van der Waals surface area contributed by atoms with Crippen molar-refractivity contribution in [2.45, 2.75) is 96.0 Å². The largest absolute Gasteiger partial charge is 0.374 e. The highest BCUT2D eigenvalue weighted by atomic mass is 16.8.